The van der Waals surface area contributed by atoms with E-state index in [9.17, 15) is 14.4 Å². The molecule has 26 heavy (non-hydrogen) atoms. The summed E-state index contributed by atoms with van der Waals surface area (Å²) in [6, 6.07) is 6.32. The molecule has 0 aliphatic carbocycles. The van der Waals surface area contributed by atoms with Gasteiger partial charge in [-0.3, -0.25) is 10.1 Å². The minimum absolute atomic E-state index is 0.370. The zero-order chi connectivity index (χ0) is 20.0. The van der Waals surface area contributed by atoms with E-state index in [0.29, 0.717) is 24.1 Å². The van der Waals surface area contributed by atoms with Crippen molar-refractivity contribution in [3.05, 3.63) is 29.8 Å². The Balaban J connectivity index is 2.83. The largest absolute Gasteiger partial charge is 0.467 e. The van der Waals surface area contributed by atoms with E-state index in [2.05, 4.69) is 10.6 Å². The smallest absolute Gasteiger partial charge is 0.412 e. The van der Waals surface area contributed by atoms with Crippen LogP contribution in [0.3, 0.4) is 0 Å². The molecule has 0 aromatic heterocycles. The van der Waals surface area contributed by atoms with Crippen molar-refractivity contribution >= 4 is 23.7 Å². The lowest BCUT2D eigenvalue weighted by Gasteiger charge is -2.29. The molecule has 144 valence electrons. The van der Waals surface area contributed by atoms with E-state index in [1.54, 1.807) is 45.0 Å². The van der Waals surface area contributed by atoms with Crippen LogP contribution in [0.5, 0.6) is 0 Å². The molecule has 0 fully saturated rings. The first-order chi connectivity index (χ1) is 12.1. The number of methoxy groups -OCH3 is 1. The number of esters is 1. The molecule has 2 N–H and O–H groups in total. The van der Waals surface area contributed by atoms with Gasteiger partial charge in [0.15, 0.2) is 0 Å². The first-order valence-corrected chi connectivity index (χ1v) is 8.58. The third-order valence-corrected chi connectivity index (χ3v) is 3.93. The molecule has 1 rings (SSSR count). The normalized spacial score (nSPS) is 11.5. The van der Waals surface area contributed by atoms with Gasteiger partial charge >= 0.3 is 12.1 Å². The summed E-state index contributed by atoms with van der Waals surface area (Å²) in [5, 5.41) is 5.36. The second kappa shape index (κ2) is 8.69. The molecule has 0 aliphatic heterocycles. The van der Waals surface area contributed by atoms with Crippen molar-refractivity contribution in [2.24, 2.45) is 0 Å². The molecular formula is C19H28N2O5. The lowest BCUT2D eigenvalue weighted by atomic mass is 9.92. The summed E-state index contributed by atoms with van der Waals surface area (Å²) in [7, 11) is 1.30. The van der Waals surface area contributed by atoms with Gasteiger partial charge in [0.2, 0.25) is 0 Å². The van der Waals surface area contributed by atoms with Crippen molar-refractivity contribution in [1.29, 1.82) is 0 Å². The van der Waals surface area contributed by atoms with Crippen molar-refractivity contribution in [1.82, 2.24) is 5.32 Å². The second-order valence-corrected chi connectivity index (χ2v) is 6.94. The molecule has 0 aliphatic rings. The number of carbonyl (C=O) groups excluding carboxylic acids is 3. The summed E-state index contributed by atoms with van der Waals surface area (Å²) in [5.41, 5.74) is -0.781. The van der Waals surface area contributed by atoms with Crippen molar-refractivity contribution < 1.29 is 23.9 Å². The van der Waals surface area contributed by atoms with Gasteiger partial charge in [0.05, 0.1) is 7.11 Å². The standard InChI is InChI=1S/C19H28N2O5/c1-7-19(8-2,16(23)25-6)21-15(22)13-9-11-14(12-10-13)20-17(24)26-18(3,4)5/h9-12H,7-8H2,1-6H3,(H,20,24)(H,21,22). The Morgan fingerprint density at radius 2 is 1.54 bits per heavy atom. The van der Waals surface area contributed by atoms with E-state index in [0.717, 1.165) is 0 Å². The maximum Gasteiger partial charge on any atom is 0.412 e. The Morgan fingerprint density at radius 3 is 1.96 bits per heavy atom. The Kier molecular flexibility index (Phi) is 7.18. The zero-order valence-electron chi connectivity index (χ0n) is 16.3. The summed E-state index contributed by atoms with van der Waals surface area (Å²) >= 11 is 0. The highest BCUT2D eigenvalue weighted by Gasteiger charge is 2.37. The van der Waals surface area contributed by atoms with Crippen LogP contribution in [-0.2, 0) is 14.3 Å². The fourth-order valence-electron chi connectivity index (χ4n) is 2.38. The Labute approximate surface area is 154 Å². The zero-order valence-corrected chi connectivity index (χ0v) is 16.3. The molecule has 0 saturated heterocycles. The van der Waals surface area contributed by atoms with Gasteiger partial charge in [-0.15, -0.1) is 0 Å². The molecule has 0 unspecified atom stereocenters. The first-order valence-electron chi connectivity index (χ1n) is 8.58. The van der Waals surface area contributed by atoms with Crippen molar-refractivity contribution in [3.8, 4) is 0 Å². The van der Waals surface area contributed by atoms with Gasteiger partial charge in [0.25, 0.3) is 5.91 Å². The lowest BCUT2D eigenvalue weighted by molar-refractivity contribution is -0.148. The number of anilines is 1. The van der Waals surface area contributed by atoms with E-state index in [1.165, 1.54) is 7.11 Å². The topological polar surface area (TPSA) is 93.7 Å². The third kappa shape index (κ3) is 5.75. The number of amides is 2. The van der Waals surface area contributed by atoms with Crippen molar-refractivity contribution in [2.45, 2.75) is 58.6 Å². The molecule has 1 aromatic carbocycles. The average molecular weight is 364 g/mol. The van der Waals surface area contributed by atoms with Crippen molar-refractivity contribution in [2.75, 3.05) is 12.4 Å². The Morgan fingerprint density at radius 1 is 1.00 bits per heavy atom. The fourth-order valence-corrected chi connectivity index (χ4v) is 2.38. The van der Waals surface area contributed by atoms with E-state index in [4.69, 9.17) is 9.47 Å². The second-order valence-electron chi connectivity index (χ2n) is 6.94. The van der Waals surface area contributed by atoms with Gasteiger partial charge in [0, 0.05) is 11.3 Å². The van der Waals surface area contributed by atoms with Crippen LogP contribution in [0.4, 0.5) is 10.5 Å². The van der Waals surface area contributed by atoms with E-state index in [-0.39, 0.29) is 5.91 Å². The number of rotatable bonds is 6. The number of hydrogen-bond acceptors (Lipinski definition) is 5. The summed E-state index contributed by atoms with van der Waals surface area (Å²) in [6.07, 6.45) is 0.261. The van der Waals surface area contributed by atoms with Gasteiger partial charge in [-0.2, -0.15) is 0 Å². The minimum atomic E-state index is -1.06. The molecule has 7 heteroatoms. The van der Waals surface area contributed by atoms with Crippen LogP contribution >= 0.6 is 0 Å². The molecule has 0 atom stereocenters. The van der Waals surface area contributed by atoms with Gasteiger partial charge in [-0.1, -0.05) is 13.8 Å². The minimum Gasteiger partial charge on any atom is -0.467 e. The van der Waals surface area contributed by atoms with Crippen LogP contribution in [-0.4, -0.2) is 36.2 Å². The van der Waals surface area contributed by atoms with Crippen LogP contribution in [0.1, 0.15) is 57.8 Å². The molecule has 7 nitrogen and oxygen atoms in total. The SMILES string of the molecule is CCC(CC)(NC(=O)c1ccc(NC(=O)OC(C)(C)C)cc1)C(=O)OC. The number of hydrogen-bond donors (Lipinski definition) is 2. The summed E-state index contributed by atoms with van der Waals surface area (Å²) in [6.45, 7) is 8.95. The van der Waals surface area contributed by atoms with Gasteiger partial charge < -0.3 is 14.8 Å². The number of benzene rings is 1. The van der Waals surface area contributed by atoms with E-state index < -0.39 is 23.2 Å². The fraction of sp³-hybridized carbons (Fsp3) is 0.526. The van der Waals surface area contributed by atoms with Crippen LogP contribution in [0.2, 0.25) is 0 Å². The molecule has 0 heterocycles. The van der Waals surface area contributed by atoms with Crippen molar-refractivity contribution in [3.63, 3.8) is 0 Å². The summed E-state index contributed by atoms with van der Waals surface area (Å²) < 4.78 is 9.99. The number of nitrogens with one attached hydrogen (secondary N) is 2. The van der Waals surface area contributed by atoms with Crippen LogP contribution in [0.25, 0.3) is 0 Å². The molecule has 0 saturated carbocycles. The molecule has 0 radical (unpaired) electrons. The number of ether oxygens (including phenoxy) is 2. The summed E-state index contributed by atoms with van der Waals surface area (Å²) in [4.78, 5) is 36.3. The molecule has 2 amide bonds. The monoisotopic (exact) mass is 364 g/mol. The predicted octanol–water partition coefficient (Wildman–Crippen LogP) is 3.50. The van der Waals surface area contributed by atoms with Gasteiger partial charge in [0.1, 0.15) is 11.1 Å². The third-order valence-electron chi connectivity index (χ3n) is 3.93. The Bertz CT molecular complexity index is 643. The predicted molar refractivity (Wildman–Crippen MR) is 99.1 cm³/mol. The maximum absolute atomic E-state index is 12.5. The van der Waals surface area contributed by atoms with E-state index >= 15 is 0 Å². The van der Waals surface area contributed by atoms with E-state index in [1.807, 2.05) is 13.8 Å². The van der Waals surface area contributed by atoms with Crippen LogP contribution < -0.4 is 10.6 Å². The highest BCUT2D eigenvalue weighted by Crippen LogP contribution is 2.19. The number of carbonyl (C=O) groups is 3. The van der Waals surface area contributed by atoms with Gasteiger partial charge in [-0.25, -0.2) is 9.59 Å². The molecule has 0 spiro atoms. The van der Waals surface area contributed by atoms with Crippen LogP contribution in [0.15, 0.2) is 24.3 Å². The highest BCUT2D eigenvalue weighted by atomic mass is 16.6. The lowest BCUT2D eigenvalue weighted by Crippen LogP contribution is -2.54. The molecular weight excluding hydrogens is 336 g/mol. The average Bonchev–Trinajstić information content (AvgIpc) is 2.57. The molecule has 1 aromatic rings. The highest BCUT2D eigenvalue weighted by molar-refractivity contribution is 5.98. The Hall–Kier alpha value is -2.57. The quantitative estimate of drug-likeness (QED) is 0.754. The first kappa shape index (κ1) is 21.5. The maximum atomic E-state index is 12.5. The molecule has 0 bridgehead atoms. The van der Waals surface area contributed by atoms with Gasteiger partial charge in [-0.05, 0) is 57.9 Å². The van der Waals surface area contributed by atoms with Crippen LogP contribution in [0, 0.1) is 0 Å². The summed E-state index contributed by atoms with van der Waals surface area (Å²) in [5.74, 6) is -0.859.